The van der Waals surface area contributed by atoms with Crippen LogP contribution in [-0.2, 0) is 16.1 Å². The fraction of sp³-hybridized carbons (Fsp3) is 0.462. The van der Waals surface area contributed by atoms with Gasteiger partial charge in [-0.25, -0.2) is 0 Å². The van der Waals surface area contributed by atoms with E-state index in [1.165, 1.54) is 0 Å². The smallest absolute Gasteiger partial charge is 0.250 e. The first-order valence-corrected chi connectivity index (χ1v) is 6.32. The number of hydrogen-bond donors (Lipinski definition) is 2. The van der Waals surface area contributed by atoms with Crippen LogP contribution in [0.15, 0.2) is 18.2 Å². The molecule has 0 spiro atoms. The van der Waals surface area contributed by atoms with Crippen molar-refractivity contribution >= 4 is 18.3 Å². The van der Waals surface area contributed by atoms with Gasteiger partial charge in [0.05, 0.1) is 6.61 Å². The highest BCUT2D eigenvalue weighted by Gasteiger charge is 2.22. The van der Waals surface area contributed by atoms with Gasteiger partial charge in [-0.05, 0) is 6.07 Å². The molecule has 0 bridgehead atoms. The number of morpholine rings is 1. The molecule has 1 aromatic rings. The summed E-state index contributed by atoms with van der Waals surface area (Å²) in [5.41, 5.74) is 0.909. The molecule has 2 heterocycles. The van der Waals surface area contributed by atoms with Gasteiger partial charge >= 0.3 is 0 Å². The number of amides is 1. The fourth-order valence-corrected chi connectivity index (χ4v) is 2.16. The third kappa shape index (κ3) is 3.15. The quantitative estimate of drug-likeness (QED) is 0.848. The molecule has 1 amide bonds. The van der Waals surface area contributed by atoms with E-state index in [9.17, 15) is 4.79 Å². The summed E-state index contributed by atoms with van der Waals surface area (Å²) >= 11 is 0. The third-order valence-electron chi connectivity index (χ3n) is 3.15. The number of benzene rings is 1. The zero-order valence-corrected chi connectivity index (χ0v) is 11.7. The van der Waals surface area contributed by atoms with Crippen molar-refractivity contribution in [3.63, 3.8) is 0 Å². The molecular formula is C13H17ClN2O4. The highest BCUT2D eigenvalue weighted by atomic mass is 35.5. The van der Waals surface area contributed by atoms with Gasteiger partial charge in [-0.2, -0.15) is 0 Å². The Hall–Kier alpha value is -1.50. The number of rotatable bonds is 3. The van der Waals surface area contributed by atoms with Gasteiger partial charge in [0.2, 0.25) is 6.79 Å². The Balaban J connectivity index is 0.00000147. The first kappa shape index (κ1) is 14.9. The van der Waals surface area contributed by atoms with Crippen molar-refractivity contribution in [3.05, 3.63) is 23.8 Å². The van der Waals surface area contributed by atoms with E-state index < -0.39 is 6.10 Å². The van der Waals surface area contributed by atoms with Gasteiger partial charge in [0, 0.05) is 25.2 Å². The van der Waals surface area contributed by atoms with Crippen molar-refractivity contribution in [3.8, 4) is 11.5 Å². The lowest BCUT2D eigenvalue weighted by Crippen LogP contribution is -2.47. The van der Waals surface area contributed by atoms with Crippen LogP contribution < -0.4 is 20.1 Å². The van der Waals surface area contributed by atoms with E-state index in [4.69, 9.17) is 14.2 Å². The molecule has 3 rings (SSSR count). The molecular weight excluding hydrogens is 284 g/mol. The zero-order valence-electron chi connectivity index (χ0n) is 10.9. The fourth-order valence-electron chi connectivity index (χ4n) is 2.16. The van der Waals surface area contributed by atoms with Gasteiger partial charge in [-0.3, -0.25) is 4.79 Å². The maximum atomic E-state index is 11.9. The second-order valence-electron chi connectivity index (χ2n) is 4.43. The van der Waals surface area contributed by atoms with Gasteiger partial charge in [0.25, 0.3) is 5.91 Å². The Morgan fingerprint density at radius 2 is 2.30 bits per heavy atom. The molecule has 2 aliphatic rings. The third-order valence-corrected chi connectivity index (χ3v) is 3.15. The minimum Gasteiger partial charge on any atom is -0.454 e. The van der Waals surface area contributed by atoms with Gasteiger partial charge in [0.15, 0.2) is 11.5 Å². The minimum atomic E-state index is -0.414. The minimum absolute atomic E-state index is 0. The Morgan fingerprint density at radius 3 is 3.10 bits per heavy atom. The van der Waals surface area contributed by atoms with Crippen LogP contribution in [-0.4, -0.2) is 38.5 Å². The lowest BCUT2D eigenvalue weighted by Gasteiger charge is -2.22. The molecule has 6 nitrogen and oxygen atoms in total. The molecule has 1 atom stereocenters. The van der Waals surface area contributed by atoms with Crippen molar-refractivity contribution in [2.24, 2.45) is 0 Å². The summed E-state index contributed by atoms with van der Waals surface area (Å²) in [4.78, 5) is 11.9. The average Bonchev–Trinajstić information content (AvgIpc) is 2.94. The Bertz CT molecular complexity index is 477. The number of nitrogens with one attached hydrogen (secondary N) is 2. The maximum absolute atomic E-state index is 11.9. The standard InChI is InChI=1S/C13H16N2O4.ClH/c16-13(11-7-14-4-5-17-11)15-6-9-2-1-3-10-12(9)19-8-18-10;/h1-3,11,14H,4-8H2,(H,15,16);1H. The van der Waals surface area contributed by atoms with Gasteiger partial charge in [-0.15, -0.1) is 12.4 Å². The zero-order chi connectivity index (χ0) is 13.1. The van der Waals surface area contributed by atoms with Gasteiger partial charge in [0.1, 0.15) is 6.10 Å². The monoisotopic (exact) mass is 300 g/mol. The maximum Gasteiger partial charge on any atom is 0.250 e. The summed E-state index contributed by atoms with van der Waals surface area (Å²) < 4.78 is 16.1. The SMILES string of the molecule is Cl.O=C(NCc1cccc2c1OCO2)C1CNCCO1. The number of ether oxygens (including phenoxy) is 3. The molecule has 0 aromatic heterocycles. The van der Waals surface area contributed by atoms with Crippen LogP contribution in [0, 0.1) is 0 Å². The van der Waals surface area contributed by atoms with Crippen molar-refractivity contribution < 1.29 is 19.0 Å². The molecule has 1 saturated heterocycles. The van der Waals surface area contributed by atoms with E-state index in [2.05, 4.69) is 10.6 Å². The van der Waals surface area contributed by atoms with Crippen LogP contribution in [0.2, 0.25) is 0 Å². The first-order valence-electron chi connectivity index (χ1n) is 6.32. The molecule has 110 valence electrons. The topological polar surface area (TPSA) is 68.8 Å². The van der Waals surface area contributed by atoms with E-state index in [1.807, 2.05) is 18.2 Å². The number of hydrogen-bond acceptors (Lipinski definition) is 5. The van der Waals surface area contributed by atoms with Crippen LogP contribution in [0.5, 0.6) is 11.5 Å². The van der Waals surface area contributed by atoms with E-state index >= 15 is 0 Å². The molecule has 0 saturated carbocycles. The van der Waals surface area contributed by atoms with Gasteiger partial charge < -0.3 is 24.8 Å². The Morgan fingerprint density at radius 1 is 1.40 bits per heavy atom. The summed E-state index contributed by atoms with van der Waals surface area (Å²) in [6.07, 6.45) is -0.414. The molecule has 7 heteroatoms. The summed E-state index contributed by atoms with van der Waals surface area (Å²) in [6, 6.07) is 5.64. The largest absolute Gasteiger partial charge is 0.454 e. The molecule has 1 unspecified atom stereocenters. The number of carbonyl (C=O) groups excluding carboxylic acids is 1. The first-order chi connectivity index (χ1) is 9.34. The van der Waals surface area contributed by atoms with E-state index in [0.717, 1.165) is 17.9 Å². The molecule has 2 N–H and O–H groups in total. The normalized spacial score (nSPS) is 20.1. The lowest BCUT2D eigenvalue weighted by molar-refractivity contribution is -0.134. The molecule has 1 fully saturated rings. The highest BCUT2D eigenvalue weighted by Crippen LogP contribution is 2.35. The van der Waals surface area contributed by atoms with Crippen LogP contribution >= 0.6 is 12.4 Å². The molecule has 1 aromatic carbocycles. The molecule has 20 heavy (non-hydrogen) atoms. The predicted molar refractivity (Wildman–Crippen MR) is 74.3 cm³/mol. The highest BCUT2D eigenvalue weighted by molar-refractivity contribution is 5.85. The van der Waals surface area contributed by atoms with Crippen LogP contribution in [0.3, 0.4) is 0 Å². The number of carbonyl (C=O) groups is 1. The van der Waals surface area contributed by atoms with Crippen LogP contribution in [0.25, 0.3) is 0 Å². The number of fused-ring (bicyclic) bond motifs is 1. The second-order valence-corrected chi connectivity index (χ2v) is 4.43. The molecule has 0 aliphatic carbocycles. The number of halogens is 1. The molecule has 0 radical (unpaired) electrons. The van der Waals surface area contributed by atoms with Crippen LogP contribution in [0.1, 0.15) is 5.56 Å². The molecule has 2 aliphatic heterocycles. The van der Waals surface area contributed by atoms with Crippen molar-refractivity contribution in [1.29, 1.82) is 0 Å². The van der Waals surface area contributed by atoms with Crippen molar-refractivity contribution in [2.45, 2.75) is 12.6 Å². The van der Waals surface area contributed by atoms with E-state index in [1.54, 1.807) is 0 Å². The van der Waals surface area contributed by atoms with Crippen LogP contribution in [0.4, 0.5) is 0 Å². The second kappa shape index (κ2) is 6.78. The summed E-state index contributed by atoms with van der Waals surface area (Å²) in [5.74, 6) is 1.33. The van der Waals surface area contributed by atoms with E-state index in [0.29, 0.717) is 25.4 Å². The summed E-state index contributed by atoms with van der Waals surface area (Å²) in [6.45, 7) is 2.55. The summed E-state index contributed by atoms with van der Waals surface area (Å²) in [5, 5.41) is 5.98. The Kier molecular flexibility index (Phi) is 5.05. The van der Waals surface area contributed by atoms with Gasteiger partial charge in [-0.1, -0.05) is 12.1 Å². The van der Waals surface area contributed by atoms with E-state index in [-0.39, 0.29) is 25.1 Å². The van der Waals surface area contributed by atoms with Crippen molar-refractivity contribution in [2.75, 3.05) is 26.5 Å². The van der Waals surface area contributed by atoms with Crippen molar-refractivity contribution in [1.82, 2.24) is 10.6 Å². The summed E-state index contributed by atoms with van der Waals surface area (Å²) in [7, 11) is 0. The number of para-hydroxylation sites is 1. The predicted octanol–water partition coefficient (Wildman–Crippen LogP) is 0.442. The lowest BCUT2D eigenvalue weighted by atomic mass is 10.2. The average molecular weight is 301 g/mol. The Labute approximate surface area is 123 Å².